The van der Waals surface area contributed by atoms with Crippen molar-refractivity contribution in [3.05, 3.63) is 47.5 Å². The number of unbranched alkanes of at least 4 members (excludes halogenated alkanes) is 1. The zero-order chi connectivity index (χ0) is 24.7. The average Bonchev–Trinajstić information content (AvgIpc) is 3.33. The summed E-state index contributed by atoms with van der Waals surface area (Å²) in [6.45, 7) is 3.39. The molecule has 0 spiro atoms. The van der Waals surface area contributed by atoms with Crippen LogP contribution in [-0.2, 0) is 4.79 Å². The molecule has 3 rings (SSSR count). The van der Waals surface area contributed by atoms with E-state index in [4.69, 9.17) is 18.9 Å². The van der Waals surface area contributed by atoms with Crippen molar-refractivity contribution in [2.75, 3.05) is 48.1 Å². The summed E-state index contributed by atoms with van der Waals surface area (Å²) in [6, 6.07) is 10.8. The van der Waals surface area contributed by atoms with Gasteiger partial charge in [-0.25, -0.2) is 0 Å². The maximum Gasteiger partial charge on any atom is 0.254 e. The van der Waals surface area contributed by atoms with Gasteiger partial charge in [-0.1, -0.05) is 19.4 Å². The van der Waals surface area contributed by atoms with Gasteiger partial charge in [0.1, 0.15) is 5.75 Å². The van der Waals surface area contributed by atoms with E-state index in [9.17, 15) is 9.59 Å². The molecule has 1 aliphatic rings. The molecule has 1 N–H and O–H groups in total. The highest BCUT2D eigenvalue weighted by Gasteiger charge is 2.41. The molecular weight excluding hydrogens is 436 g/mol. The molecule has 1 heterocycles. The predicted octanol–water partition coefficient (Wildman–Crippen LogP) is 3.49. The Morgan fingerprint density at radius 1 is 0.971 bits per heavy atom. The number of likely N-dealkylation sites (tertiary alicyclic amines) is 1. The normalized spacial score (nSPS) is 17.3. The van der Waals surface area contributed by atoms with E-state index in [1.807, 2.05) is 12.1 Å². The van der Waals surface area contributed by atoms with E-state index in [-0.39, 0.29) is 17.7 Å². The van der Waals surface area contributed by atoms with Crippen LogP contribution >= 0.6 is 0 Å². The molecule has 0 aliphatic carbocycles. The third kappa shape index (κ3) is 5.38. The van der Waals surface area contributed by atoms with Gasteiger partial charge in [0.15, 0.2) is 11.5 Å². The van der Waals surface area contributed by atoms with E-state index in [0.29, 0.717) is 48.2 Å². The number of rotatable bonds is 10. The number of ether oxygens (including phenoxy) is 4. The van der Waals surface area contributed by atoms with Crippen LogP contribution in [0.4, 0.5) is 0 Å². The summed E-state index contributed by atoms with van der Waals surface area (Å²) in [5.74, 6) is 1.28. The first-order valence-electron chi connectivity index (χ1n) is 11.5. The summed E-state index contributed by atoms with van der Waals surface area (Å²) in [7, 11) is 6.23. The molecule has 2 aromatic rings. The molecule has 2 amide bonds. The highest BCUT2D eigenvalue weighted by atomic mass is 16.5. The number of carbonyl (C=O) groups is 2. The van der Waals surface area contributed by atoms with Crippen molar-refractivity contribution in [2.24, 2.45) is 5.92 Å². The lowest BCUT2D eigenvalue weighted by Gasteiger charge is -2.21. The molecule has 2 unspecified atom stereocenters. The molecule has 184 valence electrons. The molecule has 2 atom stereocenters. The highest BCUT2D eigenvalue weighted by molar-refractivity contribution is 5.95. The third-order valence-corrected chi connectivity index (χ3v) is 6.21. The molecule has 1 saturated heterocycles. The summed E-state index contributed by atoms with van der Waals surface area (Å²) in [5.41, 5.74) is 1.38. The summed E-state index contributed by atoms with van der Waals surface area (Å²) in [5, 5.41) is 3.04. The van der Waals surface area contributed by atoms with Crippen molar-refractivity contribution in [1.29, 1.82) is 0 Å². The van der Waals surface area contributed by atoms with Crippen molar-refractivity contribution < 1.29 is 28.5 Å². The van der Waals surface area contributed by atoms with Crippen LogP contribution < -0.4 is 24.3 Å². The number of nitrogens with zero attached hydrogens (tertiary/aromatic N) is 1. The molecule has 0 saturated carbocycles. The predicted molar refractivity (Wildman–Crippen MR) is 129 cm³/mol. The third-order valence-electron chi connectivity index (χ3n) is 6.21. The Balaban J connectivity index is 1.95. The maximum absolute atomic E-state index is 13.3. The Hall–Kier alpha value is -3.42. The highest BCUT2D eigenvalue weighted by Crippen LogP contribution is 2.43. The van der Waals surface area contributed by atoms with Gasteiger partial charge in [-0.15, -0.1) is 0 Å². The van der Waals surface area contributed by atoms with E-state index >= 15 is 0 Å². The number of hydrogen-bond donors (Lipinski definition) is 1. The first-order chi connectivity index (χ1) is 16.5. The van der Waals surface area contributed by atoms with E-state index < -0.39 is 5.92 Å². The van der Waals surface area contributed by atoms with E-state index in [1.165, 1.54) is 0 Å². The van der Waals surface area contributed by atoms with Crippen molar-refractivity contribution in [3.63, 3.8) is 0 Å². The molecule has 1 fully saturated rings. The van der Waals surface area contributed by atoms with Crippen molar-refractivity contribution in [1.82, 2.24) is 10.2 Å². The van der Waals surface area contributed by atoms with E-state index in [0.717, 1.165) is 18.4 Å². The quantitative estimate of drug-likeness (QED) is 0.535. The van der Waals surface area contributed by atoms with E-state index in [2.05, 4.69) is 12.2 Å². The van der Waals surface area contributed by atoms with Crippen LogP contribution in [0, 0.1) is 5.92 Å². The maximum atomic E-state index is 13.3. The Kier molecular flexibility index (Phi) is 8.62. The molecule has 1 aliphatic heterocycles. The zero-order valence-corrected chi connectivity index (χ0v) is 20.6. The summed E-state index contributed by atoms with van der Waals surface area (Å²) in [4.78, 5) is 28.3. The largest absolute Gasteiger partial charge is 0.497 e. The number of carbonyl (C=O) groups excluding carboxylic acids is 2. The molecule has 0 aromatic heterocycles. The molecule has 0 radical (unpaired) electrons. The van der Waals surface area contributed by atoms with Crippen LogP contribution in [-0.4, -0.2) is 64.8 Å². The Morgan fingerprint density at radius 2 is 1.68 bits per heavy atom. The lowest BCUT2D eigenvalue weighted by molar-refractivity contribution is -0.124. The fraction of sp³-hybridized carbons (Fsp3) is 0.462. The summed E-state index contributed by atoms with van der Waals surface area (Å²) >= 11 is 0. The molecule has 8 heteroatoms. The average molecular weight is 471 g/mol. The van der Waals surface area contributed by atoms with Crippen molar-refractivity contribution in [3.8, 4) is 23.0 Å². The van der Waals surface area contributed by atoms with Crippen LogP contribution in [0.25, 0.3) is 0 Å². The molecule has 34 heavy (non-hydrogen) atoms. The van der Waals surface area contributed by atoms with Crippen LogP contribution in [0.15, 0.2) is 36.4 Å². The van der Waals surface area contributed by atoms with Gasteiger partial charge in [-0.3, -0.25) is 9.59 Å². The smallest absolute Gasteiger partial charge is 0.254 e. The Labute approximate surface area is 201 Å². The molecular formula is C26H34N2O6. The summed E-state index contributed by atoms with van der Waals surface area (Å²) < 4.78 is 21.8. The van der Waals surface area contributed by atoms with Crippen LogP contribution in [0.1, 0.15) is 41.6 Å². The fourth-order valence-electron chi connectivity index (χ4n) is 4.35. The molecule has 2 aromatic carbocycles. The molecule has 0 bridgehead atoms. The standard InChI is InChI=1S/C26H34N2O6/c1-6-7-11-27-25(29)21-16-28(26(30)17-9-8-10-19(12-17)31-2)15-20(21)18-13-22(32-3)24(34-5)23(14-18)33-4/h8-10,12-14,20-21H,6-7,11,15-16H2,1-5H3,(H,27,29). The van der Waals surface area contributed by atoms with Crippen molar-refractivity contribution in [2.45, 2.75) is 25.7 Å². The minimum Gasteiger partial charge on any atom is -0.497 e. The minimum absolute atomic E-state index is 0.0619. The van der Waals surface area contributed by atoms with Gasteiger partial charge in [0.2, 0.25) is 11.7 Å². The van der Waals surface area contributed by atoms with Gasteiger partial charge in [-0.05, 0) is 42.3 Å². The number of amides is 2. The number of hydrogen-bond acceptors (Lipinski definition) is 6. The fourth-order valence-corrected chi connectivity index (χ4v) is 4.35. The van der Waals surface area contributed by atoms with Crippen molar-refractivity contribution >= 4 is 11.8 Å². The lowest BCUT2D eigenvalue weighted by atomic mass is 9.88. The second-order valence-corrected chi connectivity index (χ2v) is 8.26. The Bertz CT molecular complexity index is 984. The van der Waals surface area contributed by atoms with Crippen LogP contribution in [0.3, 0.4) is 0 Å². The number of methoxy groups -OCH3 is 4. The van der Waals surface area contributed by atoms with Crippen LogP contribution in [0.2, 0.25) is 0 Å². The second-order valence-electron chi connectivity index (χ2n) is 8.26. The van der Waals surface area contributed by atoms with Gasteiger partial charge in [-0.2, -0.15) is 0 Å². The lowest BCUT2D eigenvalue weighted by Crippen LogP contribution is -2.36. The Morgan fingerprint density at radius 3 is 2.26 bits per heavy atom. The topological polar surface area (TPSA) is 86.3 Å². The van der Waals surface area contributed by atoms with Gasteiger partial charge in [0.25, 0.3) is 5.91 Å². The minimum atomic E-state index is -0.408. The zero-order valence-electron chi connectivity index (χ0n) is 20.6. The number of nitrogens with one attached hydrogen (secondary N) is 1. The SMILES string of the molecule is CCCCNC(=O)C1CN(C(=O)c2cccc(OC)c2)CC1c1cc(OC)c(OC)c(OC)c1. The molecule has 8 nitrogen and oxygen atoms in total. The first kappa shape index (κ1) is 25.2. The second kappa shape index (κ2) is 11.6. The van der Waals surface area contributed by atoms with Crippen LogP contribution in [0.5, 0.6) is 23.0 Å². The van der Waals surface area contributed by atoms with Gasteiger partial charge in [0, 0.05) is 31.1 Å². The van der Waals surface area contributed by atoms with E-state index in [1.54, 1.807) is 57.6 Å². The first-order valence-corrected chi connectivity index (χ1v) is 11.5. The number of benzene rings is 2. The summed E-state index contributed by atoms with van der Waals surface area (Å²) in [6.07, 6.45) is 1.89. The van der Waals surface area contributed by atoms with Gasteiger partial charge in [0.05, 0.1) is 34.4 Å². The van der Waals surface area contributed by atoms with Gasteiger partial charge >= 0.3 is 0 Å². The van der Waals surface area contributed by atoms with Gasteiger partial charge < -0.3 is 29.2 Å². The monoisotopic (exact) mass is 470 g/mol.